The quantitative estimate of drug-likeness (QED) is 0.249. The van der Waals surface area contributed by atoms with E-state index >= 15 is 0 Å². The van der Waals surface area contributed by atoms with Gasteiger partial charge in [0.05, 0.1) is 25.2 Å². The van der Waals surface area contributed by atoms with Gasteiger partial charge in [0, 0.05) is 31.6 Å². The summed E-state index contributed by atoms with van der Waals surface area (Å²) in [7, 11) is -1.28. The zero-order valence-corrected chi connectivity index (χ0v) is 21.0. The Morgan fingerprint density at radius 1 is 1.20 bits per heavy atom. The molecule has 7 heteroatoms. The van der Waals surface area contributed by atoms with Crippen LogP contribution in [-0.2, 0) is 13.8 Å². The first-order valence-electron chi connectivity index (χ1n) is 11.9. The van der Waals surface area contributed by atoms with Crippen molar-refractivity contribution in [2.45, 2.75) is 111 Å². The molecule has 0 bridgehead atoms. The third-order valence-corrected chi connectivity index (χ3v) is 7.86. The molecule has 1 aliphatic heterocycles. The molecule has 0 N–H and O–H groups in total. The average molecular weight is 442 g/mol. The van der Waals surface area contributed by atoms with Gasteiger partial charge in [-0.15, -0.1) is 0 Å². The van der Waals surface area contributed by atoms with Crippen LogP contribution in [0.3, 0.4) is 0 Å². The zero-order valence-electron chi connectivity index (χ0n) is 20.1. The number of carbonyl (C=O) groups excluding carboxylic acids is 1. The van der Waals surface area contributed by atoms with Crippen molar-refractivity contribution in [3.05, 3.63) is 0 Å². The number of nitrogens with zero attached hydrogens (tertiary/aromatic N) is 3. The van der Waals surface area contributed by atoms with Crippen LogP contribution in [0.2, 0.25) is 0 Å². The molecule has 0 saturated carbocycles. The van der Waals surface area contributed by atoms with Crippen LogP contribution in [0.15, 0.2) is 0 Å². The van der Waals surface area contributed by atoms with Gasteiger partial charge in [0.2, 0.25) is 5.91 Å². The minimum atomic E-state index is -1.28. The van der Waals surface area contributed by atoms with Crippen LogP contribution in [0, 0.1) is 17.2 Å². The molecule has 1 saturated heterocycles. The van der Waals surface area contributed by atoms with Gasteiger partial charge in [-0.25, -0.2) is 4.67 Å². The van der Waals surface area contributed by atoms with Gasteiger partial charge in [0.15, 0.2) is 0 Å². The lowest BCUT2D eigenvalue weighted by Crippen LogP contribution is -2.48. The number of carbonyl (C=O) groups is 1. The predicted octanol–water partition coefficient (Wildman–Crippen LogP) is 5.88. The SMILES string of the molecule is CCCCCCC(=O)N1CC[C@@H](CC)[C@H](OP(OCCC#N)N(C(C)C)C(C)C)C1. The summed E-state index contributed by atoms with van der Waals surface area (Å²) in [5.41, 5.74) is 0. The van der Waals surface area contributed by atoms with Crippen LogP contribution >= 0.6 is 8.53 Å². The van der Waals surface area contributed by atoms with Crippen LogP contribution in [0.25, 0.3) is 0 Å². The summed E-state index contributed by atoms with van der Waals surface area (Å²) in [5.74, 6) is 0.688. The van der Waals surface area contributed by atoms with E-state index in [0.29, 0.717) is 31.9 Å². The molecule has 30 heavy (non-hydrogen) atoms. The molecule has 3 atom stereocenters. The summed E-state index contributed by atoms with van der Waals surface area (Å²) in [6.45, 7) is 14.8. The maximum Gasteiger partial charge on any atom is 0.259 e. The van der Waals surface area contributed by atoms with E-state index in [0.717, 1.165) is 32.2 Å². The number of amides is 1. The lowest BCUT2D eigenvalue weighted by Gasteiger charge is -2.42. The average Bonchev–Trinajstić information content (AvgIpc) is 2.70. The highest BCUT2D eigenvalue weighted by Gasteiger charge is 2.36. The van der Waals surface area contributed by atoms with Gasteiger partial charge >= 0.3 is 0 Å². The summed E-state index contributed by atoms with van der Waals surface area (Å²) in [4.78, 5) is 14.7. The molecule has 1 heterocycles. The summed E-state index contributed by atoms with van der Waals surface area (Å²) in [6, 6.07) is 2.71. The fraction of sp³-hybridized carbons (Fsp3) is 0.913. The second-order valence-electron chi connectivity index (χ2n) is 8.80. The number of rotatable bonds is 14. The minimum Gasteiger partial charge on any atom is -0.340 e. The van der Waals surface area contributed by atoms with Crippen LogP contribution in [0.5, 0.6) is 0 Å². The Bertz CT molecular complexity index is 516. The highest BCUT2D eigenvalue weighted by atomic mass is 31.2. The van der Waals surface area contributed by atoms with Crippen molar-refractivity contribution in [1.82, 2.24) is 9.57 Å². The fourth-order valence-corrected chi connectivity index (χ4v) is 5.82. The van der Waals surface area contributed by atoms with Crippen molar-refractivity contribution >= 4 is 14.4 Å². The van der Waals surface area contributed by atoms with Crippen LogP contribution < -0.4 is 0 Å². The molecule has 6 nitrogen and oxygen atoms in total. The molecule has 1 fully saturated rings. The first-order chi connectivity index (χ1) is 14.3. The van der Waals surface area contributed by atoms with Crippen LogP contribution in [0.1, 0.15) is 92.9 Å². The fourth-order valence-electron chi connectivity index (χ4n) is 4.05. The molecule has 0 spiro atoms. The Morgan fingerprint density at radius 2 is 1.90 bits per heavy atom. The molecule has 174 valence electrons. The van der Waals surface area contributed by atoms with Gasteiger partial charge in [0.25, 0.3) is 8.53 Å². The first-order valence-corrected chi connectivity index (χ1v) is 13.0. The van der Waals surface area contributed by atoms with Gasteiger partial charge in [-0.2, -0.15) is 5.26 Å². The van der Waals surface area contributed by atoms with Gasteiger partial charge < -0.3 is 13.9 Å². The van der Waals surface area contributed by atoms with E-state index in [4.69, 9.17) is 14.3 Å². The van der Waals surface area contributed by atoms with E-state index in [2.05, 4.69) is 52.3 Å². The molecule has 1 rings (SSSR count). The minimum absolute atomic E-state index is 0.0171. The third-order valence-electron chi connectivity index (χ3n) is 5.71. The smallest absolute Gasteiger partial charge is 0.259 e. The third kappa shape index (κ3) is 9.18. The lowest BCUT2D eigenvalue weighted by molar-refractivity contribution is -0.135. The van der Waals surface area contributed by atoms with Gasteiger partial charge in [0.1, 0.15) is 0 Å². The predicted molar refractivity (Wildman–Crippen MR) is 124 cm³/mol. The number of nitriles is 1. The van der Waals surface area contributed by atoms with Crippen LogP contribution in [-0.4, -0.2) is 53.4 Å². The Morgan fingerprint density at radius 3 is 2.47 bits per heavy atom. The number of piperidine rings is 1. The molecule has 0 aliphatic carbocycles. The van der Waals surface area contributed by atoms with Crippen molar-refractivity contribution in [2.75, 3.05) is 19.7 Å². The van der Waals surface area contributed by atoms with E-state index in [1.807, 2.05) is 4.90 Å². The summed E-state index contributed by atoms with van der Waals surface area (Å²) < 4.78 is 15.0. The molecule has 0 aromatic heterocycles. The van der Waals surface area contributed by atoms with Crippen molar-refractivity contribution in [3.63, 3.8) is 0 Å². The summed E-state index contributed by atoms with van der Waals surface area (Å²) in [5, 5.41) is 8.92. The Balaban J connectivity index is 2.83. The molecule has 0 aromatic carbocycles. The molecule has 1 amide bonds. The molecule has 1 aliphatic rings. The second-order valence-corrected chi connectivity index (χ2v) is 10.2. The van der Waals surface area contributed by atoms with Crippen molar-refractivity contribution in [3.8, 4) is 6.07 Å². The number of unbranched alkanes of at least 4 members (excludes halogenated alkanes) is 3. The maximum absolute atomic E-state index is 12.7. The second kappa shape index (κ2) is 15.1. The van der Waals surface area contributed by atoms with E-state index in [9.17, 15) is 4.79 Å². The highest BCUT2D eigenvalue weighted by Crippen LogP contribution is 2.48. The summed E-state index contributed by atoms with van der Waals surface area (Å²) in [6.07, 6.45) is 7.48. The Kier molecular flexibility index (Phi) is 13.8. The zero-order chi connectivity index (χ0) is 22.5. The van der Waals surface area contributed by atoms with Crippen molar-refractivity contribution in [2.24, 2.45) is 5.92 Å². The molecule has 0 aromatic rings. The Labute approximate surface area is 186 Å². The molecular formula is C23H44N3O3P. The van der Waals surface area contributed by atoms with E-state index in [1.54, 1.807) is 0 Å². The number of hydrogen-bond acceptors (Lipinski definition) is 5. The van der Waals surface area contributed by atoms with Gasteiger partial charge in [-0.05, 0) is 46.5 Å². The Hall–Kier alpha value is -0.730. The van der Waals surface area contributed by atoms with Gasteiger partial charge in [-0.3, -0.25) is 4.79 Å². The summed E-state index contributed by atoms with van der Waals surface area (Å²) >= 11 is 0. The van der Waals surface area contributed by atoms with E-state index < -0.39 is 8.53 Å². The normalized spacial score (nSPS) is 20.7. The largest absolute Gasteiger partial charge is 0.340 e. The van der Waals surface area contributed by atoms with Crippen molar-refractivity contribution in [1.29, 1.82) is 5.26 Å². The monoisotopic (exact) mass is 441 g/mol. The van der Waals surface area contributed by atoms with Crippen molar-refractivity contribution < 1.29 is 13.8 Å². The van der Waals surface area contributed by atoms with E-state index in [-0.39, 0.29) is 24.1 Å². The lowest BCUT2D eigenvalue weighted by atomic mass is 9.91. The molecule has 1 unspecified atom stereocenters. The van der Waals surface area contributed by atoms with E-state index in [1.165, 1.54) is 12.8 Å². The maximum atomic E-state index is 12.7. The van der Waals surface area contributed by atoms with Gasteiger partial charge in [-0.1, -0.05) is 39.5 Å². The molecular weight excluding hydrogens is 397 g/mol. The molecule has 0 radical (unpaired) electrons. The number of likely N-dealkylation sites (tertiary alicyclic amines) is 1. The topological polar surface area (TPSA) is 65.8 Å². The van der Waals surface area contributed by atoms with Crippen LogP contribution in [0.4, 0.5) is 0 Å². The number of hydrogen-bond donors (Lipinski definition) is 0. The standard InChI is InChI=1S/C23H44N3O3P/c1-7-9-10-11-13-23(27)25-16-14-21(8-2)22(18-25)29-30(28-17-12-15-24)26(19(3)4)20(5)6/h19-22H,7-14,16-18H2,1-6H3/t21-,22-,30?/m1/s1. The first kappa shape index (κ1) is 27.3. The highest BCUT2D eigenvalue weighted by molar-refractivity contribution is 7.44.